The van der Waals surface area contributed by atoms with E-state index < -0.39 is 0 Å². The highest BCUT2D eigenvalue weighted by atomic mass is 32.2. The summed E-state index contributed by atoms with van der Waals surface area (Å²) >= 11 is 1.61. The molecule has 1 fully saturated rings. The number of nitrogens with zero attached hydrogens (tertiary/aromatic N) is 2. The van der Waals surface area contributed by atoms with Gasteiger partial charge in [0.15, 0.2) is 0 Å². The molecule has 1 heterocycles. The van der Waals surface area contributed by atoms with Crippen LogP contribution in [0.3, 0.4) is 0 Å². The molecule has 70 valence electrons. The van der Waals surface area contributed by atoms with E-state index in [0.717, 1.165) is 11.4 Å². The van der Waals surface area contributed by atoms with E-state index in [2.05, 4.69) is 15.3 Å². The maximum atomic E-state index is 5.66. The first-order valence-electron chi connectivity index (χ1n) is 4.19. The maximum absolute atomic E-state index is 5.66. The van der Waals surface area contributed by atoms with Gasteiger partial charge in [0.2, 0.25) is 5.95 Å². The lowest BCUT2D eigenvalue weighted by Crippen LogP contribution is -2.14. The third-order valence-electron chi connectivity index (χ3n) is 1.99. The Morgan fingerprint density at radius 3 is 3.08 bits per heavy atom. The highest BCUT2D eigenvalue weighted by Crippen LogP contribution is 2.22. The first kappa shape index (κ1) is 8.77. The largest absolute Gasteiger partial charge is 0.350 e. The molecule has 0 aromatic carbocycles. The van der Waals surface area contributed by atoms with Crippen LogP contribution in [0, 0.1) is 0 Å². The SMILES string of the molecule is CSc1ccnc(NC2CC2N)n1. The molecule has 2 atom stereocenters. The first-order valence-corrected chi connectivity index (χ1v) is 5.41. The summed E-state index contributed by atoms with van der Waals surface area (Å²) in [6.07, 6.45) is 4.77. The minimum atomic E-state index is 0.279. The van der Waals surface area contributed by atoms with Crippen molar-refractivity contribution in [2.45, 2.75) is 23.5 Å². The molecule has 1 aromatic rings. The zero-order chi connectivity index (χ0) is 9.26. The summed E-state index contributed by atoms with van der Waals surface area (Å²) < 4.78 is 0. The van der Waals surface area contributed by atoms with Crippen molar-refractivity contribution in [3.63, 3.8) is 0 Å². The second kappa shape index (κ2) is 3.51. The topological polar surface area (TPSA) is 63.8 Å². The Morgan fingerprint density at radius 2 is 2.46 bits per heavy atom. The van der Waals surface area contributed by atoms with Gasteiger partial charge in [-0.1, -0.05) is 0 Å². The lowest BCUT2D eigenvalue weighted by Gasteiger charge is -2.03. The standard InChI is InChI=1S/C8H12N4S/c1-13-7-2-3-10-8(12-7)11-6-4-5(6)9/h2-3,5-6H,4,9H2,1H3,(H,10,11,12). The molecule has 13 heavy (non-hydrogen) atoms. The third-order valence-corrected chi connectivity index (χ3v) is 2.64. The summed E-state index contributed by atoms with van der Waals surface area (Å²) in [6.45, 7) is 0. The molecule has 2 unspecified atom stereocenters. The number of nitrogens with two attached hydrogens (primary N) is 1. The summed E-state index contributed by atoms with van der Waals surface area (Å²) in [6, 6.07) is 2.54. The molecular weight excluding hydrogens is 184 g/mol. The van der Waals surface area contributed by atoms with Crippen molar-refractivity contribution in [3.05, 3.63) is 12.3 Å². The van der Waals surface area contributed by atoms with E-state index in [9.17, 15) is 0 Å². The van der Waals surface area contributed by atoms with Crippen molar-refractivity contribution < 1.29 is 0 Å². The number of nitrogens with one attached hydrogen (secondary N) is 1. The second-order valence-electron chi connectivity index (χ2n) is 3.07. The van der Waals surface area contributed by atoms with Gasteiger partial charge in [0.05, 0.1) is 0 Å². The fraction of sp³-hybridized carbons (Fsp3) is 0.500. The van der Waals surface area contributed by atoms with E-state index in [0.29, 0.717) is 12.0 Å². The van der Waals surface area contributed by atoms with Crippen LogP contribution in [0.5, 0.6) is 0 Å². The molecule has 0 amide bonds. The van der Waals surface area contributed by atoms with Crippen LogP contribution in [0.4, 0.5) is 5.95 Å². The molecule has 2 rings (SSSR count). The maximum Gasteiger partial charge on any atom is 0.223 e. The smallest absolute Gasteiger partial charge is 0.223 e. The summed E-state index contributed by atoms with van der Waals surface area (Å²) in [4.78, 5) is 8.40. The molecule has 5 heteroatoms. The predicted octanol–water partition coefficient (Wildman–Crippen LogP) is 0.710. The molecule has 0 saturated heterocycles. The van der Waals surface area contributed by atoms with Crippen LogP contribution < -0.4 is 11.1 Å². The van der Waals surface area contributed by atoms with Gasteiger partial charge in [0.1, 0.15) is 5.03 Å². The van der Waals surface area contributed by atoms with Crippen molar-refractivity contribution >= 4 is 17.7 Å². The van der Waals surface area contributed by atoms with Crippen LogP contribution in [0.2, 0.25) is 0 Å². The quantitative estimate of drug-likeness (QED) is 0.550. The minimum Gasteiger partial charge on any atom is -0.350 e. The number of thioether (sulfide) groups is 1. The summed E-state index contributed by atoms with van der Waals surface area (Å²) in [5.74, 6) is 0.685. The molecule has 0 bridgehead atoms. The number of hydrogen-bond donors (Lipinski definition) is 2. The fourth-order valence-electron chi connectivity index (χ4n) is 1.07. The molecule has 0 spiro atoms. The van der Waals surface area contributed by atoms with Crippen molar-refractivity contribution in [1.82, 2.24) is 9.97 Å². The Labute approximate surface area is 81.3 Å². The number of rotatable bonds is 3. The molecule has 0 radical (unpaired) electrons. The van der Waals surface area contributed by atoms with Gasteiger partial charge < -0.3 is 11.1 Å². The molecule has 3 N–H and O–H groups in total. The van der Waals surface area contributed by atoms with Crippen molar-refractivity contribution in [2.75, 3.05) is 11.6 Å². The summed E-state index contributed by atoms with van der Waals surface area (Å²) in [5, 5.41) is 4.16. The van der Waals surface area contributed by atoms with E-state index >= 15 is 0 Å². The summed E-state index contributed by atoms with van der Waals surface area (Å²) in [7, 11) is 0. The zero-order valence-electron chi connectivity index (χ0n) is 7.40. The lowest BCUT2D eigenvalue weighted by molar-refractivity contribution is 0.956. The normalized spacial score (nSPS) is 25.7. The molecule has 0 aliphatic heterocycles. The highest BCUT2D eigenvalue weighted by molar-refractivity contribution is 7.98. The van der Waals surface area contributed by atoms with Crippen molar-refractivity contribution in [3.8, 4) is 0 Å². The number of hydrogen-bond acceptors (Lipinski definition) is 5. The van der Waals surface area contributed by atoms with Crippen LogP contribution >= 0.6 is 11.8 Å². The van der Waals surface area contributed by atoms with Gasteiger partial charge in [-0.3, -0.25) is 0 Å². The molecular formula is C8H12N4S. The van der Waals surface area contributed by atoms with Gasteiger partial charge in [-0.25, -0.2) is 9.97 Å². The van der Waals surface area contributed by atoms with Gasteiger partial charge >= 0.3 is 0 Å². The van der Waals surface area contributed by atoms with E-state index in [1.54, 1.807) is 18.0 Å². The zero-order valence-corrected chi connectivity index (χ0v) is 8.21. The van der Waals surface area contributed by atoms with Crippen LogP contribution in [-0.4, -0.2) is 28.3 Å². The molecule has 1 saturated carbocycles. The van der Waals surface area contributed by atoms with E-state index in [4.69, 9.17) is 5.73 Å². The van der Waals surface area contributed by atoms with Crippen LogP contribution in [0.1, 0.15) is 6.42 Å². The van der Waals surface area contributed by atoms with Crippen molar-refractivity contribution in [2.24, 2.45) is 5.73 Å². The molecule has 4 nitrogen and oxygen atoms in total. The average Bonchev–Trinajstić information content (AvgIpc) is 2.82. The third kappa shape index (κ3) is 2.10. The number of aromatic nitrogens is 2. The molecule has 1 aliphatic rings. The lowest BCUT2D eigenvalue weighted by atomic mass is 10.6. The summed E-state index contributed by atoms with van der Waals surface area (Å²) in [5.41, 5.74) is 5.66. The second-order valence-corrected chi connectivity index (χ2v) is 3.90. The van der Waals surface area contributed by atoms with Crippen LogP contribution in [-0.2, 0) is 0 Å². The molecule has 1 aliphatic carbocycles. The Morgan fingerprint density at radius 1 is 1.69 bits per heavy atom. The Hall–Kier alpha value is -0.810. The first-order chi connectivity index (χ1) is 6.29. The Balaban J connectivity index is 2.03. The van der Waals surface area contributed by atoms with Gasteiger partial charge in [0.25, 0.3) is 0 Å². The van der Waals surface area contributed by atoms with Gasteiger partial charge in [0, 0.05) is 18.3 Å². The Bertz CT molecular complexity index is 304. The van der Waals surface area contributed by atoms with Crippen LogP contribution in [0.15, 0.2) is 17.3 Å². The van der Waals surface area contributed by atoms with E-state index in [1.165, 1.54) is 0 Å². The highest BCUT2D eigenvalue weighted by Gasteiger charge is 2.33. The van der Waals surface area contributed by atoms with E-state index in [1.807, 2.05) is 12.3 Å². The van der Waals surface area contributed by atoms with Gasteiger partial charge in [-0.2, -0.15) is 0 Å². The predicted molar refractivity (Wildman–Crippen MR) is 53.8 cm³/mol. The fourth-order valence-corrected chi connectivity index (χ4v) is 1.45. The average molecular weight is 196 g/mol. The Kier molecular flexibility index (Phi) is 2.37. The van der Waals surface area contributed by atoms with Gasteiger partial charge in [-0.15, -0.1) is 11.8 Å². The van der Waals surface area contributed by atoms with Crippen molar-refractivity contribution in [1.29, 1.82) is 0 Å². The van der Waals surface area contributed by atoms with E-state index in [-0.39, 0.29) is 6.04 Å². The van der Waals surface area contributed by atoms with Crippen LogP contribution in [0.25, 0.3) is 0 Å². The monoisotopic (exact) mass is 196 g/mol. The molecule has 1 aromatic heterocycles. The number of anilines is 1. The van der Waals surface area contributed by atoms with Gasteiger partial charge in [-0.05, 0) is 18.7 Å². The minimum absolute atomic E-state index is 0.279.